The number of thioether (sulfide) groups is 2. The number of hydrogen-bond donors (Lipinski definition) is 0. The SMILES string of the molecule is C=C(CCCOc1cc(F)c(C(=O)Oc2cc(F)c(SC#N)c(F)c2)c(F)c1)CCCOc1cc(F)c(C(=O)Oc2cc(F)c(SC#N)c(F)c2)c(F)c1. The molecule has 0 saturated carbocycles. The zero-order valence-electron chi connectivity index (χ0n) is 27.3. The highest BCUT2D eigenvalue weighted by Gasteiger charge is 2.25. The quantitative estimate of drug-likeness (QED) is 0.0206. The lowest BCUT2D eigenvalue weighted by molar-refractivity contribution is 0.0712. The number of hydrogen-bond acceptors (Lipinski definition) is 10. The molecule has 0 aliphatic rings. The summed E-state index contributed by atoms with van der Waals surface area (Å²) in [5.74, 6) is -15.4. The molecule has 0 saturated heterocycles. The van der Waals surface area contributed by atoms with E-state index in [4.69, 9.17) is 29.5 Å². The van der Waals surface area contributed by atoms with Crippen LogP contribution in [0.2, 0.25) is 0 Å². The second kappa shape index (κ2) is 18.9. The number of nitrogens with zero attached hydrogens (tertiary/aromatic N) is 2. The van der Waals surface area contributed by atoms with Crippen molar-refractivity contribution in [3.63, 3.8) is 0 Å². The van der Waals surface area contributed by atoms with Crippen LogP contribution in [0.4, 0.5) is 35.1 Å². The number of thiocyanates is 2. The molecule has 0 heterocycles. The molecule has 54 heavy (non-hydrogen) atoms. The molecule has 0 N–H and O–H groups in total. The Morgan fingerprint density at radius 2 is 0.833 bits per heavy atom. The van der Waals surface area contributed by atoms with E-state index >= 15 is 0 Å². The van der Waals surface area contributed by atoms with Crippen molar-refractivity contribution in [2.24, 2.45) is 0 Å². The predicted octanol–water partition coefficient (Wildman–Crippen LogP) is 9.96. The van der Waals surface area contributed by atoms with Crippen molar-refractivity contribution >= 4 is 35.5 Å². The van der Waals surface area contributed by atoms with Gasteiger partial charge < -0.3 is 18.9 Å². The fourth-order valence-corrected chi connectivity index (χ4v) is 5.41. The van der Waals surface area contributed by atoms with Crippen LogP contribution in [0.3, 0.4) is 0 Å². The van der Waals surface area contributed by atoms with Gasteiger partial charge in [-0.3, -0.25) is 0 Å². The highest BCUT2D eigenvalue weighted by Crippen LogP contribution is 2.31. The normalized spacial score (nSPS) is 10.6. The average Bonchev–Trinajstić information content (AvgIpc) is 3.08. The Kier molecular flexibility index (Phi) is 14.3. The van der Waals surface area contributed by atoms with Crippen LogP contribution in [0.1, 0.15) is 46.4 Å². The van der Waals surface area contributed by atoms with E-state index in [1.54, 1.807) is 0 Å². The molecule has 0 radical (unpaired) electrons. The Morgan fingerprint density at radius 1 is 0.537 bits per heavy atom. The molecule has 0 fully saturated rings. The molecule has 0 aromatic heterocycles. The maximum atomic E-state index is 14.6. The standard InChI is InChI=1S/C36H22F8N2O6S2/c1-18(4-2-6-49-19-8-23(37)31(24(38)9-19)35(47)51-21-12-27(41)33(53-16-45)28(42)13-21)5-3-7-50-20-10-25(39)32(26(40)11-20)36(48)52-22-14-29(43)34(54-17-46)30(44)15-22/h8-15H,1-7H2. The number of allylic oxidation sites excluding steroid dienone is 1. The molecule has 4 aromatic rings. The first-order valence-electron chi connectivity index (χ1n) is 15.2. The molecule has 18 heteroatoms. The van der Waals surface area contributed by atoms with Crippen LogP contribution in [-0.4, -0.2) is 25.2 Å². The smallest absolute Gasteiger partial charge is 0.349 e. The molecule has 0 amide bonds. The van der Waals surface area contributed by atoms with E-state index in [9.17, 15) is 44.7 Å². The molecular weight excluding hydrogens is 773 g/mol. The first kappa shape index (κ1) is 41.0. The van der Waals surface area contributed by atoms with Gasteiger partial charge in [-0.15, -0.1) is 0 Å². The van der Waals surface area contributed by atoms with Crippen LogP contribution >= 0.6 is 23.5 Å². The molecule has 4 rings (SSSR count). The van der Waals surface area contributed by atoms with Gasteiger partial charge in [0.05, 0.1) is 23.0 Å². The topological polar surface area (TPSA) is 119 Å². The first-order valence-corrected chi connectivity index (χ1v) is 16.8. The highest BCUT2D eigenvalue weighted by molar-refractivity contribution is 8.04. The molecule has 8 nitrogen and oxygen atoms in total. The van der Waals surface area contributed by atoms with Gasteiger partial charge in [-0.2, -0.15) is 10.5 Å². The van der Waals surface area contributed by atoms with Gasteiger partial charge in [0, 0.05) is 48.5 Å². The minimum Gasteiger partial charge on any atom is -0.493 e. The fraction of sp³-hybridized carbons (Fsp3) is 0.167. The number of nitriles is 2. The minimum atomic E-state index is -1.57. The first-order chi connectivity index (χ1) is 25.7. The van der Waals surface area contributed by atoms with Gasteiger partial charge in [0.15, 0.2) is 0 Å². The lowest BCUT2D eigenvalue weighted by Crippen LogP contribution is -2.14. The number of ether oxygens (including phenoxy) is 4. The van der Waals surface area contributed by atoms with Crippen molar-refractivity contribution in [1.29, 1.82) is 10.5 Å². The minimum absolute atomic E-state index is 0.0212. The summed E-state index contributed by atoms with van der Waals surface area (Å²) in [6, 6.07) is 5.21. The number of benzene rings is 4. The molecule has 280 valence electrons. The van der Waals surface area contributed by atoms with E-state index in [1.165, 1.54) is 10.8 Å². The van der Waals surface area contributed by atoms with Crippen LogP contribution in [-0.2, 0) is 0 Å². The van der Waals surface area contributed by atoms with E-state index in [-0.39, 0.29) is 48.2 Å². The number of esters is 2. The molecule has 0 aliphatic heterocycles. The van der Waals surface area contributed by atoms with E-state index in [0.717, 1.165) is 24.3 Å². The molecule has 0 bridgehead atoms. The number of carbonyl (C=O) groups is 2. The van der Waals surface area contributed by atoms with Gasteiger partial charge >= 0.3 is 11.9 Å². The third kappa shape index (κ3) is 10.7. The average molecular weight is 795 g/mol. The molecule has 0 aliphatic carbocycles. The molecule has 0 spiro atoms. The molecule has 0 atom stereocenters. The molecule has 0 unspecified atom stereocenters. The Bertz CT molecular complexity index is 1950. The Balaban J connectivity index is 1.20. The van der Waals surface area contributed by atoms with Crippen molar-refractivity contribution in [2.45, 2.75) is 35.5 Å². The van der Waals surface area contributed by atoms with E-state index in [0.29, 0.717) is 55.5 Å². The fourth-order valence-electron chi connectivity index (χ4n) is 4.60. The summed E-state index contributed by atoms with van der Waals surface area (Å²) < 4.78 is 135. The van der Waals surface area contributed by atoms with Gasteiger partial charge in [0.1, 0.15) is 91.5 Å². The van der Waals surface area contributed by atoms with E-state index < -0.39 is 90.9 Å². The van der Waals surface area contributed by atoms with Crippen molar-refractivity contribution in [1.82, 2.24) is 0 Å². The largest absolute Gasteiger partial charge is 0.493 e. The molecule has 4 aromatic carbocycles. The summed E-state index contributed by atoms with van der Waals surface area (Å²) in [6.45, 7) is 3.86. The Morgan fingerprint density at radius 3 is 1.13 bits per heavy atom. The van der Waals surface area contributed by atoms with E-state index in [1.807, 2.05) is 0 Å². The van der Waals surface area contributed by atoms with Crippen LogP contribution in [0.25, 0.3) is 0 Å². The van der Waals surface area contributed by atoms with Crippen molar-refractivity contribution in [2.75, 3.05) is 13.2 Å². The zero-order valence-corrected chi connectivity index (χ0v) is 28.9. The van der Waals surface area contributed by atoms with Crippen molar-refractivity contribution in [3.05, 3.63) is 118 Å². The second-order valence-corrected chi connectivity index (χ2v) is 12.4. The third-order valence-corrected chi connectivity index (χ3v) is 8.36. The monoisotopic (exact) mass is 794 g/mol. The molecular formula is C36H22F8N2O6S2. The number of carbonyl (C=O) groups excluding carboxylic acids is 2. The highest BCUT2D eigenvalue weighted by atomic mass is 32.2. The summed E-state index contributed by atoms with van der Waals surface area (Å²) in [5.41, 5.74) is -1.56. The summed E-state index contributed by atoms with van der Waals surface area (Å²) in [5, 5.41) is 20.2. The van der Waals surface area contributed by atoms with Crippen molar-refractivity contribution in [3.8, 4) is 33.8 Å². The van der Waals surface area contributed by atoms with Gasteiger partial charge in [-0.1, -0.05) is 12.2 Å². The summed E-state index contributed by atoms with van der Waals surface area (Å²) in [4.78, 5) is 23.4. The van der Waals surface area contributed by atoms with Crippen LogP contribution in [0.15, 0.2) is 70.5 Å². The van der Waals surface area contributed by atoms with Gasteiger partial charge in [-0.05, 0) is 49.2 Å². The number of rotatable bonds is 16. The predicted molar refractivity (Wildman–Crippen MR) is 177 cm³/mol. The summed E-state index contributed by atoms with van der Waals surface area (Å²) in [7, 11) is 0. The third-order valence-electron chi connectivity index (χ3n) is 6.99. The lowest BCUT2D eigenvalue weighted by atomic mass is 10.1. The Hall–Kier alpha value is -5.72. The zero-order chi connectivity index (χ0) is 39.5. The van der Waals surface area contributed by atoms with Gasteiger partial charge in [0.2, 0.25) is 0 Å². The maximum absolute atomic E-state index is 14.6. The lowest BCUT2D eigenvalue weighted by Gasteiger charge is -2.12. The summed E-state index contributed by atoms with van der Waals surface area (Å²) >= 11 is 0.392. The van der Waals surface area contributed by atoms with Crippen LogP contribution in [0.5, 0.6) is 23.0 Å². The van der Waals surface area contributed by atoms with Crippen molar-refractivity contribution < 1.29 is 63.7 Å². The van der Waals surface area contributed by atoms with E-state index in [2.05, 4.69) is 6.58 Å². The van der Waals surface area contributed by atoms with Gasteiger partial charge in [-0.25, -0.2) is 44.7 Å². The number of halogens is 8. The summed E-state index contributed by atoms with van der Waals surface area (Å²) in [6.07, 6.45) is 1.50. The van der Waals surface area contributed by atoms with Crippen LogP contribution in [0, 0.1) is 67.9 Å². The Labute approximate surface area is 309 Å². The van der Waals surface area contributed by atoms with Crippen LogP contribution < -0.4 is 18.9 Å². The maximum Gasteiger partial charge on any atom is 0.349 e. The second-order valence-electron chi connectivity index (χ2n) is 10.8. The van der Waals surface area contributed by atoms with Gasteiger partial charge in [0.25, 0.3) is 0 Å².